The molecule has 6 heteroatoms. The van der Waals surface area contributed by atoms with Crippen molar-refractivity contribution in [1.82, 2.24) is 9.21 Å². The highest BCUT2D eigenvalue weighted by Gasteiger charge is 2.40. The molecule has 1 amide bonds. The molecule has 1 aromatic rings. The number of hydrogen-bond donors (Lipinski definition) is 0. The smallest absolute Gasteiger partial charge is 0.241 e. The van der Waals surface area contributed by atoms with Gasteiger partial charge in [0.15, 0.2) is 0 Å². The third kappa shape index (κ3) is 4.23. The normalized spacial score (nSPS) is 23.1. The number of rotatable bonds is 4. The van der Waals surface area contributed by atoms with Crippen LogP contribution in [0.2, 0.25) is 0 Å². The van der Waals surface area contributed by atoms with Crippen molar-refractivity contribution in [3.8, 4) is 0 Å². The number of benzene rings is 1. The van der Waals surface area contributed by atoms with E-state index in [2.05, 4.69) is 6.92 Å². The van der Waals surface area contributed by atoms with Crippen LogP contribution in [-0.4, -0.2) is 49.2 Å². The molecular weight excluding hydrogens is 336 g/mol. The highest BCUT2D eigenvalue weighted by Crippen LogP contribution is 2.27. The van der Waals surface area contributed by atoms with Gasteiger partial charge >= 0.3 is 0 Å². The van der Waals surface area contributed by atoms with Gasteiger partial charge in [-0.2, -0.15) is 4.31 Å². The summed E-state index contributed by atoms with van der Waals surface area (Å²) in [5, 5.41) is 0. The van der Waals surface area contributed by atoms with Crippen LogP contribution in [-0.2, 0) is 20.6 Å². The maximum Gasteiger partial charge on any atom is 0.241 e. The lowest BCUT2D eigenvalue weighted by molar-refractivity contribution is -0.135. The predicted octanol–water partition coefficient (Wildman–Crippen LogP) is 2.55. The molecule has 0 spiro atoms. The summed E-state index contributed by atoms with van der Waals surface area (Å²) in [6.07, 6.45) is 3.41. The van der Waals surface area contributed by atoms with E-state index >= 15 is 0 Å². The van der Waals surface area contributed by atoms with E-state index in [1.807, 2.05) is 36.1 Å². The van der Waals surface area contributed by atoms with E-state index in [1.165, 1.54) is 4.31 Å². The largest absolute Gasteiger partial charge is 0.341 e. The van der Waals surface area contributed by atoms with Gasteiger partial charge in [0.2, 0.25) is 15.9 Å². The molecule has 5 nitrogen and oxygen atoms in total. The lowest BCUT2D eigenvalue weighted by Gasteiger charge is -2.34. The number of hydrogen-bond acceptors (Lipinski definition) is 3. The molecule has 0 unspecified atom stereocenters. The van der Waals surface area contributed by atoms with Crippen LogP contribution in [0.5, 0.6) is 0 Å². The van der Waals surface area contributed by atoms with Gasteiger partial charge in [-0.3, -0.25) is 4.79 Å². The highest BCUT2D eigenvalue weighted by atomic mass is 32.2. The molecule has 2 heterocycles. The monoisotopic (exact) mass is 364 g/mol. The van der Waals surface area contributed by atoms with E-state index < -0.39 is 16.1 Å². The number of likely N-dealkylation sites (tertiary alicyclic amines) is 1. The quantitative estimate of drug-likeness (QED) is 0.825. The van der Waals surface area contributed by atoms with Crippen molar-refractivity contribution in [3.63, 3.8) is 0 Å². The molecule has 1 aromatic carbocycles. The van der Waals surface area contributed by atoms with Gasteiger partial charge < -0.3 is 4.90 Å². The van der Waals surface area contributed by atoms with Gasteiger partial charge in [-0.1, -0.05) is 36.8 Å². The minimum absolute atomic E-state index is 0.00258. The van der Waals surface area contributed by atoms with E-state index in [0.29, 0.717) is 18.9 Å². The Hall–Kier alpha value is -1.40. The average molecular weight is 365 g/mol. The van der Waals surface area contributed by atoms with Crippen LogP contribution in [0.4, 0.5) is 0 Å². The summed E-state index contributed by atoms with van der Waals surface area (Å²) in [7, 11) is -3.49. The van der Waals surface area contributed by atoms with Crippen LogP contribution >= 0.6 is 0 Å². The number of nitrogens with zero attached hydrogens (tertiary/aromatic N) is 2. The second kappa shape index (κ2) is 7.46. The summed E-state index contributed by atoms with van der Waals surface area (Å²) in [6.45, 7) is 6.12. The summed E-state index contributed by atoms with van der Waals surface area (Å²) in [4.78, 5) is 14.8. The fraction of sp³-hybridized carbons (Fsp3) is 0.632. The zero-order valence-electron chi connectivity index (χ0n) is 15.1. The molecule has 2 aliphatic rings. The lowest BCUT2D eigenvalue weighted by atomic mass is 9.98. The second-order valence-corrected chi connectivity index (χ2v) is 9.44. The first-order valence-corrected chi connectivity index (χ1v) is 10.8. The Morgan fingerprint density at radius 1 is 1.16 bits per heavy atom. The molecule has 0 saturated carbocycles. The van der Waals surface area contributed by atoms with Gasteiger partial charge in [0.1, 0.15) is 6.04 Å². The second-order valence-electron chi connectivity index (χ2n) is 7.52. The maximum atomic E-state index is 12.9. The first kappa shape index (κ1) is 18.4. The van der Waals surface area contributed by atoms with Crippen molar-refractivity contribution < 1.29 is 13.2 Å². The minimum atomic E-state index is -3.49. The number of piperidine rings is 1. The first-order valence-electron chi connectivity index (χ1n) is 9.20. The molecule has 25 heavy (non-hydrogen) atoms. The van der Waals surface area contributed by atoms with Gasteiger partial charge in [-0.05, 0) is 44.1 Å². The summed E-state index contributed by atoms with van der Waals surface area (Å²) in [6, 6.07) is 7.06. The number of aryl methyl sites for hydroxylation is 1. The molecule has 0 radical (unpaired) electrons. The van der Waals surface area contributed by atoms with Crippen LogP contribution in [0, 0.1) is 12.8 Å². The Balaban J connectivity index is 1.72. The highest BCUT2D eigenvalue weighted by molar-refractivity contribution is 7.88. The Morgan fingerprint density at radius 3 is 2.56 bits per heavy atom. The Kier molecular flexibility index (Phi) is 5.49. The minimum Gasteiger partial charge on any atom is -0.341 e. The van der Waals surface area contributed by atoms with Crippen LogP contribution in [0.3, 0.4) is 0 Å². The molecule has 2 saturated heterocycles. The van der Waals surface area contributed by atoms with Crippen molar-refractivity contribution >= 4 is 15.9 Å². The van der Waals surface area contributed by atoms with Crippen molar-refractivity contribution in [2.24, 2.45) is 5.92 Å². The van der Waals surface area contributed by atoms with Crippen molar-refractivity contribution in [2.45, 2.75) is 51.3 Å². The molecular formula is C19H28N2O3S. The predicted molar refractivity (Wildman–Crippen MR) is 98.5 cm³/mol. The van der Waals surface area contributed by atoms with Crippen LogP contribution in [0.15, 0.2) is 24.3 Å². The summed E-state index contributed by atoms with van der Waals surface area (Å²) < 4.78 is 27.3. The molecule has 2 aliphatic heterocycles. The van der Waals surface area contributed by atoms with Crippen LogP contribution < -0.4 is 0 Å². The van der Waals surface area contributed by atoms with E-state index in [-0.39, 0.29) is 11.7 Å². The van der Waals surface area contributed by atoms with Crippen LogP contribution in [0.1, 0.15) is 43.7 Å². The zero-order chi connectivity index (χ0) is 18.0. The fourth-order valence-corrected chi connectivity index (χ4v) is 5.61. The first-order chi connectivity index (χ1) is 11.9. The molecule has 0 aliphatic carbocycles. The number of carbonyl (C=O) groups is 1. The third-order valence-corrected chi connectivity index (χ3v) is 7.22. The van der Waals surface area contributed by atoms with E-state index in [4.69, 9.17) is 0 Å². The number of sulfonamides is 1. The van der Waals surface area contributed by atoms with Crippen molar-refractivity contribution in [2.75, 3.05) is 19.6 Å². The van der Waals surface area contributed by atoms with Gasteiger partial charge in [-0.25, -0.2) is 8.42 Å². The van der Waals surface area contributed by atoms with Gasteiger partial charge in [-0.15, -0.1) is 0 Å². The molecule has 3 rings (SSSR count). The Morgan fingerprint density at radius 2 is 1.88 bits per heavy atom. The van der Waals surface area contributed by atoms with E-state index in [9.17, 15) is 13.2 Å². The molecule has 138 valence electrons. The summed E-state index contributed by atoms with van der Waals surface area (Å²) in [5.41, 5.74) is 1.83. The van der Waals surface area contributed by atoms with Crippen molar-refractivity contribution in [3.05, 3.63) is 35.4 Å². The van der Waals surface area contributed by atoms with Gasteiger partial charge in [0.25, 0.3) is 0 Å². The van der Waals surface area contributed by atoms with Gasteiger partial charge in [0, 0.05) is 19.6 Å². The topological polar surface area (TPSA) is 57.7 Å². The van der Waals surface area contributed by atoms with E-state index in [1.54, 1.807) is 0 Å². The molecule has 1 atom stereocenters. The molecule has 2 fully saturated rings. The zero-order valence-corrected chi connectivity index (χ0v) is 16.0. The van der Waals surface area contributed by atoms with Crippen molar-refractivity contribution in [1.29, 1.82) is 0 Å². The fourth-order valence-electron chi connectivity index (χ4n) is 3.86. The van der Waals surface area contributed by atoms with E-state index in [0.717, 1.165) is 43.5 Å². The maximum absolute atomic E-state index is 12.9. The van der Waals surface area contributed by atoms with Crippen LogP contribution in [0.25, 0.3) is 0 Å². The molecule has 0 N–H and O–H groups in total. The summed E-state index contributed by atoms with van der Waals surface area (Å²) in [5.74, 6) is 0.612. The number of amides is 1. The standard InChI is InChI=1S/C19H28N2O3S/c1-15-8-11-20(12-9-15)19(22)18-7-4-10-21(18)25(23,24)14-17-6-3-5-16(2)13-17/h3,5-6,13,15,18H,4,7-12,14H2,1-2H3/t18-/m1/s1. The Bertz CT molecular complexity index is 724. The SMILES string of the molecule is Cc1cccc(CS(=O)(=O)N2CCC[C@@H]2C(=O)N2CCC(C)CC2)c1. The molecule has 0 bridgehead atoms. The lowest BCUT2D eigenvalue weighted by Crippen LogP contribution is -2.50. The number of carbonyl (C=O) groups excluding carboxylic acids is 1. The Labute approximate surface area is 151 Å². The average Bonchev–Trinajstić information content (AvgIpc) is 3.05. The van der Waals surface area contributed by atoms with Gasteiger partial charge in [0.05, 0.1) is 5.75 Å². The summed E-state index contributed by atoms with van der Waals surface area (Å²) >= 11 is 0. The molecule has 0 aromatic heterocycles. The third-order valence-electron chi connectivity index (χ3n) is 5.37.